The number of anilines is 2. The van der Waals surface area contributed by atoms with E-state index < -0.39 is 0 Å². The highest BCUT2D eigenvalue weighted by Gasteiger charge is 2.35. The third kappa shape index (κ3) is 3.32. The van der Waals surface area contributed by atoms with E-state index in [4.69, 9.17) is 0 Å². The molecule has 0 atom stereocenters. The van der Waals surface area contributed by atoms with Gasteiger partial charge >= 0.3 is 0 Å². The van der Waals surface area contributed by atoms with Crippen LogP contribution in [-0.4, -0.2) is 22.0 Å². The number of aldehydes is 1. The van der Waals surface area contributed by atoms with Crippen LogP contribution >= 0.6 is 0 Å². The molecule has 31 heavy (non-hydrogen) atoms. The van der Waals surface area contributed by atoms with Gasteiger partial charge in [0.1, 0.15) is 0 Å². The molecule has 4 aromatic rings. The minimum absolute atomic E-state index is 0.0986. The smallest absolute Gasteiger partial charge is 0.167 e. The predicted octanol–water partition coefficient (Wildman–Crippen LogP) is 5.94. The molecule has 0 amide bonds. The number of H-pyrrole nitrogens is 1. The number of ketones is 1. The molecule has 5 heteroatoms. The maximum absolute atomic E-state index is 13.2. The van der Waals surface area contributed by atoms with E-state index in [1.807, 2.05) is 48.5 Å². The van der Waals surface area contributed by atoms with E-state index in [2.05, 4.69) is 29.1 Å². The molecule has 0 aliphatic heterocycles. The first-order chi connectivity index (χ1) is 15.0. The molecule has 2 N–H and O–H groups in total. The van der Waals surface area contributed by atoms with Crippen molar-refractivity contribution in [2.24, 2.45) is 5.41 Å². The average Bonchev–Trinajstić information content (AvgIpc) is 3.11. The van der Waals surface area contributed by atoms with E-state index in [1.54, 1.807) is 12.4 Å². The average molecular weight is 409 g/mol. The maximum atomic E-state index is 13.2. The zero-order valence-electron chi connectivity index (χ0n) is 17.5. The summed E-state index contributed by atoms with van der Waals surface area (Å²) in [5.74, 6) is 0.110. The summed E-state index contributed by atoms with van der Waals surface area (Å²) in [5, 5.41) is 5.32. The van der Waals surface area contributed by atoms with Crippen LogP contribution in [0.2, 0.25) is 0 Å². The van der Waals surface area contributed by atoms with Gasteiger partial charge in [-0.3, -0.25) is 14.6 Å². The van der Waals surface area contributed by atoms with E-state index >= 15 is 0 Å². The van der Waals surface area contributed by atoms with Crippen molar-refractivity contribution >= 4 is 34.2 Å². The fourth-order valence-corrected chi connectivity index (χ4v) is 4.58. The van der Waals surface area contributed by atoms with Gasteiger partial charge in [-0.15, -0.1) is 0 Å². The predicted molar refractivity (Wildman–Crippen MR) is 123 cm³/mol. The Kier molecular flexibility index (Phi) is 4.47. The van der Waals surface area contributed by atoms with Crippen LogP contribution in [0.5, 0.6) is 0 Å². The van der Waals surface area contributed by atoms with Crippen LogP contribution < -0.4 is 5.32 Å². The van der Waals surface area contributed by atoms with Gasteiger partial charge in [-0.05, 0) is 40.8 Å². The molecule has 2 aromatic carbocycles. The lowest BCUT2D eigenvalue weighted by Crippen LogP contribution is -2.26. The Labute approximate surface area is 180 Å². The molecule has 2 heterocycles. The Bertz CT molecular complexity index is 1320. The Morgan fingerprint density at radius 3 is 2.58 bits per heavy atom. The van der Waals surface area contributed by atoms with Gasteiger partial charge in [-0.25, -0.2) is 0 Å². The van der Waals surface area contributed by atoms with Crippen molar-refractivity contribution in [2.75, 3.05) is 5.32 Å². The van der Waals surface area contributed by atoms with Crippen molar-refractivity contribution in [3.63, 3.8) is 0 Å². The summed E-state index contributed by atoms with van der Waals surface area (Å²) < 4.78 is 0. The summed E-state index contributed by atoms with van der Waals surface area (Å²) >= 11 is 0. The van der Waals surface area contributed by atoms with Crippen LogP contribution in [0.1, 0.15) is 46.7 Å². The van der Waals surface area contributed by atoms with Gasteiger partial charge in [-0.1, -0.05) is 44.2 Å². The highest BCUT2D eigenvalue weighted by Crippen LogP contribution is 2.43. The highest BCUT2D eigenvalue weighted by atomic mass is 16.1. The van der Waals surface area contributed by atoms with Gasteiger partial charge in [0.15, 0.2) is 12.1 Å². The summed E-state index contributed by atoms with van der Waals surface area (Å²) in [5.41, 5.74) is 5.29. The van der Waals surface area contributed by atoms with Crippen LogP contribution in [0.25, 0.3) is 22.0 Å². The number of nitrogens with zero attached hydrogens (tertiary/aromatic N) is 1. The van der Waals surface area contributed by atoms with Crippen molar-refractivity contribution in [3.8, 4) is 11.3 Å². The number of rotatable bonds is 4. The number of Topliss-reactive ketones (excluding diaryl/α,β-unsaturated/α-hetero) is 1. The molecule has 2 aromatic heterocycles. The summed E-state index contributed by atoms with van der Waals surface area (Å²) in [6.45, 7) is 4.23. The van der Waals surface area contributed by atoms with Gasteiger partial charge in [0, 0.05) is 41.3 Å². The fraction of sp³-hybridized carbons (Fsp3) is 0.192. The molecule has 0 radical (unpaired) electrons. The molecule has 1 aliphatic carbocycles. The van der Waals surface area contributed by atoms with Gasteiger partial charge < -0.3 is 10.3 Å². The van der Waals surface area contributed by atoms with Crippen LogP contribution in [0.15, 0.2) is 60.9 Å². The van der Waals surface area contributed by atoms with Gasteiger partial charge in [-0.2, -0.15) is 0 Å². The van der Waals surface area contributed by atoms with E-state index in [1.165, 1.54) is 0 Å². The van der Waals surface area contributed by atoms with E-state index in [-0.39, 0.29) is 11.2 Å². The third-order valence-corrected chi connectivity index (χ3v) is 5.97. The molecular formula is C26H23N3O2. The monoisotopic (exact) mass is 409 g/mol. The number of aromatic nitrogens is 2. The first-order valence-corrected chi connectivity index (χ1v) is 10.4. The maximum Gasteiger partial charge on any atom is 0.167 e. The lowest BCUT2D eigenvalue weighted by molar-refractivity contribution is 0.0912. The fourth-order valence-electron chi connectivity index (χ4n) is 4.58. The standard InChI is InChI=1S/C26H23N3O2/c1-26(2)13-21-23(22(31)14-26)25(24(29-21)17-9-11-27-12-10-17)28-20-8-7-16-5-3-4-6-18(16)19(20)15-30/h3-12,15,28-29H,13-14H2,1-2H3. The molecule has 154 valence electrons. The van der Waals surface area contributed by atoms with Crippen LogP contribution in [0.3, 0.4) is 0 Å². The summed E-state index contributed by atoms with van der Waals surface area (Å²) in [6.07, 6.45) is 5.61. The molecule has 1 aliphatic rings. The second kappa shape index (κ2) is 7.20. The van der Waals surface area contributed by atoms with Crippen molar-refractivity contribution in [1.29, 1.82) is 0 Å². The van der Waals surface area contributed by atoms with E-state index in [0.717, 1.165) is 46.1 Å². The topological polar surface area (TPSA) is 74.8 Å². The quantitative estimate of drug-likeness (QED) is 0.409. The minimum Gasteiger partial charge on any atom is -0.356 e. The number of pyridine rings is 1. The zero-order valence-corrected chi connectivity index (χ0v) is 17.5. The number of nitrogens with one attached hydrogen (secondary N) is 2. The molecule has 5 nitrogen and oxygen atoms in total. The van der Waals surface area contributed by atoms with Gasteiger partial charge in [0.25, 0.3) is 0 Å². The second-order valence-corrected chi connectivity index (χ2v) is 8.90. The zero-order chi connectivity index (χ0) is 21.6. The minimum atomic E-state index is -0.0986. The summed E-state index contributed by atoms with van der Waals surface area (Å²) in [6, 6.07) is 15.5. The summed E-state index contributed by atoms with van der Waals surface area (Å²) in [4.78, 5) is 32.8. The summed E-state index contributed by atoms with van der Waals surface area (Å²) in [7, 11) is 0. The first kappa shape index (κ1) is 19.2. The third-order valence-electron chi connectivity index (χ3n) is 5.97. The van der Waals surface area contributed by atoms with Crippen molar-refractivity contribution in [1.82, 2.24) is 9.97 Å². The number of hydrogen-bond acceptors (Lipinski definition) is 4. The molecule has 0 spiro atoms. The number of aromatic amines is 1. The van der Waals surface area contributed by atoms with E-state index in [9.17, 15) is 9.59 Å². The van der Waals surface area contributed by atoms with Crippen molar-refractivity contribution in [2.45, 2.75) is 26.7 Å². The Hall–Kier alpha value is -3.73. The van der Waals surface area contributed by atoms with E-state index in [0.29, 0.717) is 23.2 Å². The van der Waals surface area contributed by atoms with Gasteiger partial charge in [0.2, 0.25) is 0 Å². The van der Waals surface area contributed by atoms with Crippen molar-refractivity contribution in [3.05, 3.63) is 77.7 Å². The molecule has 0 unspecified atom stereocenters. The number of carbonyl (C=O) groups is 2. The molecule has 0 bridgehead atoms. The number of fused-ring (bicyclic) bond motifs is 2. The second-order valence-electron chi connectivity index (χ2n) is 8.90. The largest absolute Gasteiger partial charge is 0.356 e. The van der Waals surface area contributed by atoms with Crippen LogP contribution in [0.4, 0.5) is 11.4 Å². The highest BCUT2D eigenvalue weighted by molar-refractivity contribution is 6.10. The molecule has 5 rings (SSSR count). The first-order valence-electron chi connectivity index (χ1n) is 10.4. The number of hydrogen-bond donors (Lipinski definition) is 2. The Balaban J connectivity index is 1.71. The Morgan fingerprint density at radius 2 is 1.81 bits per heavy atom. The van der Waals surface area contributed by atoms with Crippen molar-refractivity contribution < 1.29 is 9.59 Å². The molecule has 0 fully saturated rings. The van der Waals surface area contributed by atoms with Crippen LogP contribution in [0, 0.1) is 5.41 Å². The van der Waals surface area contributed by atoms with Gasteiger partial charge in [0.05, 0.1) is 16.9 Å². The van der Waals surface area contributed by atoms with Crippen LogP contribution in [-0.2, 0) is 6.42 Å². The molecule has 0 saturated carbocycles. The molecule has 0 saturated heterocycles. The lowest BCUT2D eigenvalue weighted by atomic mass is 9.76. The number of benzene rings is 2. The lowest BCUT2D eigenvalue weighted by Gasteiger charge is -2.28. The SMILES string of the molecule is CC1(C)CC(=O)c2c([nH]c(-c3ccncc3)c2Nc2ccc3ccccc3c2C=O)C1. The normalized spacial score (nSPS) is 15.0. The Morgan fingerprint density at radius 1 is 1.03 bits per heavy atom. The number of carbonyl (C=O) groups excluding carboxylic acids is 2. The molecular weight excluding hydrogens is 386 g/mol.